The smallest absolute Gasteiger partial charge is 0.0227 e. The highest BCUT2D eigenvalue weighted by atomic mass is 14.8. The molecule has 0 saturated heterocycles. The zero-order chi connectivity index (χ0) is 17.8. The maximum atomic E-state index is 2.55. The van der Waals surface area contributed by atoms with Crippen molar-refractivity contribution in [2.45, 2.75) is 117 Å². The molecular weight excluding hydrogens is 312 g/mol. The van der Waals surface area contributed by atoms with Crippen LogP contribution in [0.5, 0.6) is 0 Å². The molecule has 0 aromatic heterocycles. The van der Waals surface area contributed by atoms with Crippen LogP contribution in [0.1, 0.15) is 117 Å². The molecule has 0 spiro atoms. The second kappa shape index (κ2) is 4.94. The fourth-order valence-corrected chi connectivity index (χ4v) is 11.7. The molecule has 0 nitrogen and oxygen atoms in total. The van der Waals surface area contributed by atoms with Gasteiger partial charge in [-0.1, -0.05) is 40.0 Å². The lowest BCUT2D eigenvalue weighted by molar-refractivity contribution is -0.259. The van der Waals surface area contributed by atoms with Gasteiger partial charge in [-0.15, -0.1) is 0 Å². The first-order chi connectivity index (χ1) is 12.4. The van der Waals surface area contributed by atoms with Crippen molar-refractivity contribution >= 4 is 0 Å². The third kappa shape index (κ3) is 1.94. The average Bonchev–Trinajstić information content (AvgIpc) is 2.59. The van der Waals surface area contributed by atoms with Crippen molar-refractivity contribution in [3.63, 3.8) is 0 Å². The van der Waals surface area contributed by atoms with Gasteiger partial charge in [0.05, 0.1) is 0 Å². The van der Waals surface area contributed by atoms with E-state index < -0.39 is 0 Å². The number of hydrogen-bond acceptors (Lipinski definition) is 0. The van der Waals surface area contributed by atoms with E-state index in [9.17, 15) is 0 Å². The van der Waals surface area contributed by atoms with Crippen LogP contribution in [0, 0.1) is 44.8 Å². The van der Waals surface area contributed by atoms with E-state index in [-0.39, 0.29) is 0 Å². The summed E-state index contributed by atoms with van der Waals surface area (Å²) in [6.07, 6.45) is 24.0. The monoisotopic (exact) mass is 354 g/mol. The van der Waals surface area contributed by atoms with Crippen LogP contribution in [0.4, 0.5) is 0 Å². The molecule has 146 valence electrons. The second-order valence-electron chi connectivity index (χ2n) is 13.1. The zero-order valence-electron chi connectivity index (χ0n) is 17.8. The molecule has 0 aromatic rings. The zero-order valence-corrected chi connectivity index (χ0v) is 17.8. The Bertz CT molecular complexity index is 580. The van der Waals surface area contributed by atoms with E-state index in [0.29, 0.717) is 0 Å². The fourth-order valence-electron chi connectivity index (χ4n) is 11.7. The van der Waals surface area contributed by atoms with Gasteiger partial charge in [-0.3, -0.25) is 0 Å². The molecule has 8 aliphatic carbocycles. The average molecular weight is 355 g/mol. The summed E-state index contributed by atoms with van der Waals surface area (Å²) in [6, 6.07) is 0. The molecule has 0 aromatic carbocycles. The van der Waals surface area contributed by atoms with Crippen LogP contribution >= 0.6 is 0 Å². The van der Waals surface area contributed by atoms with Gasteiger partial charge >= 0.3 is 0 Å². The van der Waals surface area contributed by atoms with Crippen LogP contribution in [-0.2, 0) is 0 Å². The molecule has 0 amide bonds. The van der Waals surface area contributed by atoms with Gasteiger partial charge in [0.1, 0.15) is 0 Å². The Morgan fingerprint density at radius 3 is 1.50 bits per heavy atom. The fraction of sp³-hybridized carbons (Fsp3) is 1.00. The SMILES string of the molecule is CCC12CC3CC(C1)CC(C14CC5CC(CC)(CC(CC)(C5)C1)C4)(C3)C2. The summed E-state index contributed by atoms with van der Waals surface area (Å²) in [6.45, 7) is 7.65. The first-order valence-electron chi connectivity index (χ1n) is 12.4. The lowest BCUT2D eigenvalue weighted by Crippen LogP contribution is -2.66. The second-order valence-corrected chi connectivity index (χ2v) is 13.1. The molecule has 0 heterocycles. The highest BCUT2D eigenvalue weighted by molar-refractivity contribution is 5.21. The quantitative estimate of drug-likeness (QED) is 0.484. The minimum Gasteiger partial charge on any atom is -0.0649 e. The van der Waals surface area contributed by atoms with Crippen molar-refractivity contribution in [3.05, 3.63) is 0 Å². The molecule has 4 unspecified atom stereocenters. The predicted molar refractivity (Wildman–Crippen MR) is 109 cm³/mol. The largest absolute Gasteiger partial charge is 0.0649 e. The van der Waals surface area contributed by atoms with Crippen molar-refractivity contribution in [3.8, 4) is 0 Å². The minimum atomic E-state index is 0.748. The Kier molecular flexibility index (Phi) is 3.21. The summed E-state index contributed by atoms with van der Waals surface area (Å²) < 4.78 is 0. The van der Waals surface area contributed by atoms with Crippen molar-refractivity contribution in [1.29, 1.82) is 0 Å². The molecule has 8 fully saturated rings. The van der Waals surface area contributed by atoms with Gasteiger partial charge in [0.15, 0.2) is 0 Å². The summed E-state index contributed by atoms with van der Waals surface area (Å²) in [5.74, 6) is 3.32. The summed E-state index contributed by atoms with van der Waals surface area (Å²) in [4.78, 5) is 0. The van der Waals surface area contributed by atoms with Gasteiger partial charge in [-0.25, -0.2) is 0 Å². The van der Waals surface area contributed by atoms with Crippen LogP contribution in [0.3, 0.4) is 0 Å². The highest BCUT2D eigenvalue weighted by Gasteiger charge is 2.71. The normalized spacial score (nSPS) is 62.2. The molecule has 0 aliphatic heterocycles. The molecule has 4 atom stereocenters. The van der Waals surface area contributed by atoms with Crippen LogP contribution in [0.25, 0.3) is 0 Å². The van der Waals surface area contributed by atoms with E-state index in [4.69, 9.17) is 0 Å². The molecule has 8 bridgehead atoms. The summed E-state index contributed by atoms with van der Waals surface area (Å²) in [5.41, 5.74) is 3.80. The molecule has 8 saturated carbocycles. The van der Waals surface area contributed by atoms with Gasteiger partial charge in [-0.2, -0.15) is 0 Å². The van der Waals surface area contributed by atoms with Crippen LogP contribution < -0.4 is 0 Å². The Labute approximate surface area is 162 Å². The molecule has 8 aliphatic rings. The highest BCUT2D eigenvalue weighted by Crippen LogP contribution is 2.81. The first kappa shape index (κ1) is 16.9. The van der Waals surface area contributed by atoms with E-state index in [2.05, 4.69) is 20.8 Å². The Morgan fingerprint density at radius 1 is 0.500 bits per heavy atom. The van der Waals surface area contributed by atoms with Crippen LogP contribution in [-0.4, -0.2) is 0 Å². The topological polar surface area (TPSA) is 0 Å². The van der Waals surface area contributed by atoms with E-state index in [1.54, 1.807) is 77.0 Å². The summed E-state index contributed by atoms with van der Waals surface area (Å²) in [7, 11) is 0. The lowest BCUT2D eigenvalue weighted by Gasteiger charge is -2.76. The van der Waals surface area contributed by atoms with E-state index >= 15 is 0 Å². The van der Waals surface area contributed by atoms with E-state index in [0.717, 1.165) is 44.8 Å². The summed E-state index contributed by atoms with van der Waals surface area (Å²) in [5, 5.41) is 0. The van der Waals surface area contributed by atoms with E-state index in [1.807, 2.05) is 0 Å². The number of rotatable bonds is 4. The van der Waals surface area contributed by atoms with Crippen molar-refractivity contribution in [2.24, 2.45) is 44.8 Å². The summed E-state index contributed by atoms with van der Waals surface area (Å²) >= 11 is 0. The van der Waals surface area contributed by atoms with Gasteiger partial charge in [-0.05, 0) is 122 Å². The van der Waals surface area contributed by atoms with Crippen LogP contribution in [0.2, 0.25) is 0 Å². The molecule has 0 N–H and O–H groups in total. The van der Waals surface area contributed by atoms with E-state index in [1.165, 1.54) is 19.3 Å². The van der Waals surface area contributed by atoms with Crippen molar-refractivity contribution < 1.29 is 0 Å². The maximum Gasteiger partial charge on any atom is -0.0227 e. The molecule has 26 heavy (non-hydrogen) atoms. The minimum absolute atomic E-state index is 0.748. The molecule has 8 rings (SSSR count). The maximum absolute atomic E-state index is 2.55. The Balaban J connectivity index is 1.46. The van der Waals surface area contributed by atoms with Gasteiger partial charge in [0, 0.05) is 0 Å². The Hall–Kier alpha value is 0. The first-order valence-corrected chi connectivity index (χ1v) is 12.4. The predicted octanol–water partition coefficient (Wildman–Crippen LogP) is 7.76. The lowest BCUT2D eigenvalue weighted by atomic mass is 9.29. The standard InChI is InChI=1S/C26H42/c1-4-22-8-19-7-20(9-22)13-25(12-19,16-22)26-14-21-10-23(5-2,17-26)15-24(6-3,11-21)18-26/h19-21H,4-18H2,1-3H3. The van der Waals surface area contributed by atoms with Crippen molar-refractivity contribution in [2.75, 3.05) is 0 Å². The third-order valence-corrected chi connectivity index (χ3v) is 11.9. The van der Waals surface area contributed by atoms with Gasteiger partial charge in [0.2, 0.25) is 0 Å². The number of hydrogen-bond donors (Lipinski definition) is 0. The van der Waals surface area contributed by atoms with Crippen molar-refractivity contribution in [1.82, 2.24) is 0 Å². The van der Waals surface area contributed by atoms with Gasteiger partial charge < -0.3 is 0 Å². The third-order valence-electron chi connectivity index (χ3n) is 11.9. The molecule has 0 radical (unpaired) electrons. The molecule has 0 heteroatoms. The van der Waals surface area contributed by atoms with Gasteiger partial charge in [0.25, 0.3) is 0 Å². The molecular formula is C26H42. The Morgan fingerprint density at radius 2 is 0.962 bits per heavy atom. The van der Waals surface area contributed by atoms with Crippen LogP contribution in [0.15, 0.2) is 0 Å².